The molecule has 0 aliphatic carbocycles. The lowest BCUT2D eigenvalue weighted by Crippen LogP contribution is -2.10. The Kier molecular flexibility index (Phi) is 3.95. The fourth-order valence-corrected chi connectivity index (χ4v) is 3.43. The Hall–Kier alpha value is -2.19. The summed E-state index contributed by atoms with van der Waals surface area (Å²) in [6, 6.07) is 9.19. The zero-order valence-electron chi connectivity index (χ0n) is 11.8. The van der Waals surface area contributed by atoms with Gasteiger partial charge >= 0.3 is 0 Å². The number of thiophene rings is 1. The minimum absolute atomic E-state index is 0.545. The molecular weight excluding hydrogens is 320 g/mol. The molecule has 0 amide bonds. The molecule has 0 aliphatic heterocycles. The predicted octanol–water partition coefficient (Wildman–Crippen LogP) is 2.67. The Morgan fingerprint density at radius 1 is 1.23 bits per heavy atom. The molecule has 8 heteroatoms. The average Bonchev–Trinajstić information content (AvgIpc) is 2.92. The number of aromatic nitrogens is 2. The summed E-state index contributed by atoms with van der Waals surface area (Å²) in [5, 5.41) is 5.24. The lowest BCUT2D eigenvalue weighted by Gasteiger charge is -2.09. The maximum Gasteiger partial charge on any atom is 0.229 e. The second-order valence-corrected chi connectivity index (χ2v) is 7.45. The number of rotatable bonds is 5. The maximum absolute atomic E-state index is 11.3. The standard InChI is InChI=1S/C14H14N4O2S2/c1-22(19,20)18-11-4-2-3-10(7-11)8-15-14-13-12(5-6-21-13)16-9-17-14/h2-7,9,18H,8H2,1H3,(H,15,16,17). The molecule has 2 N–H and O–H groups in total. The molecule has 0 atom stereocenters. The first-order chi connectivity index (χ1) is 10.5. The second-order valence-electron chi connectivity index (χ2n) is 4.79. The Morgan fingerprint density at radius 2 is 2.09 bits per heavy atom. The summed E-state index contributed by atoms with van der Waals surface area (Å²) in [5.41, 5.74) is 2.41. The van der Waals surface area contributed by atoms with Gasteiger partial charge in [0, 0.05) is 12.2 Å². The van der Waals surface area contributed by atoms with Crippen LogP contribution in [0.3, 0.4) is 0 Å². The number of nitrogens with zero attached hydrogens (tertiary/aromatic N) is 2. The summed E-state index contributed by atoms with van der Waals surface area (Å²) in [4.78, 5) is 8.45. The molecule has 3 aromatic rings. The van der Waals surface area contributed by atoms with Crippen LogP contribution in [0.4, 0.5) is 11.5 Å². The van der Waals surface area contributed by atoms with Gasteiger partial charge in [0.15, 0.2) is 0 Å². The van der Waals surface area contributed by atoms with Crippen LogP contribution in [-0.4, -0.2) is 24.6 Å². The topological polar surface area (TPSA) is 84.0 Å². The van der Waals surface area contributed by atoms with Gasteiger partial charge in [0.1, 0.15) is 12.1 Å². The van der Waals surface area contributed by atoms with Crippen molar-refractivity contribution < 1.29 is 8.42 Å². The van der Waals surface area contributed by atoms with E-state index in [2.05, 4.69) is 20.0 Å². The smallest absolute Gasteiger partial charge is 0.229 e. The van der Waals surface area contributed by atoms with Gasteiger partial charge in [-0.3, -0.25) is 4.72 Å². The quantitative estimate of drug-likeness (QED) is 0.749. The highest BCUT2D eigenvalue weighted by molar-refractivity contribution is 7.92. The first-order valence-electron chi connectivity index (χ1n) is 6.50. The van der Waals surface area contributed by atoms with Crippen LogP contribution >= 0.6 is 11.3 Å². The van der Waals surface area contributed by atoms with Crippen molar-refractivity contribution in [1.29, 1.82) is 0 Å². The molecule has 2 aromatic heterocycles. The van der Waals surface area contributed by atoms with Crippen LogP contribution in [0, 0.1) is 0 Å². The molecule has 22 heavy (non-hydrogen) atoms. The Labute approximate surface area is 132 Å². The minimum atomic E-state index is -3.27. The summed E-state index contributed by atoms with van der Waals surface area (Å²) in [6.07, 6.45) is 2.66. The number of anilines is 2. The number of benzene rings is 1. The third-order valence-electron chi connectivity index (χ3n) is 2.93. The monoisotopic (exact) mass is 334 g/mol. The van der Waals surface area contributed by atoms with Crippen LogP contribution < -0.4 is 10.0 Å². The predicted molar refractivity (Wildman–Crippen MR) is 89.7 cm³/mol. The van der Waals surface area contributed by atoms with E-state index in [-0.39, 0.29) is 0 Å². The molecule has 2 heterocycles. The zero-order chi connectivity index (χ0) is 15.6. The van der Waals surface area contributed by atoms with E-state index in [1.54, 1.807) is 23.5 Å². The van der Waals surface area contributed by atoms with Gasteiger partial charge in [0.2, 0.25) is 10.0 Å². The van der Waals surface area contributed by atoms with Crippen LogP contribution in [0.5, 0.6) is 0 Å². The first-order valence-corrected chi connectivity index (χ1v) is 9.27. The van der Waals surface area contributed by atoms with E-state index in [1.165, 1.54) is 6.33 Å². The van der Waals surface area contributed by atoms with E-state index in [1.807, 2.05) is 23.6 Å². The number of nitrogens with one attached hydrogen (secondary N) is 2. The molecule has 0 saturated heterocycles. The lowest BCUT2D eigenvalue weighted by atomic mass is 10.2. The van der Waals surface area contributed by atoms with Crippen molar-refractivity contribution in [2.75, 3.05) is 16.3 Å². The fourth-order valence-electron chi connectivity index (χ4n) is 2.06. The van der Waals surface area contributed by atoms with Crippen molar-refractivity contribution in [1.82, 2.24) is 9.97 Å². The van der Waals surface area contributed by atoms with Gasteiger partial charge in [-0.05, 0) is 29.1 Å². The second kappa shape index (κ2) is 5.90. The first kappa shape index (κ1) is 14.7. The van der Waals surface area contributed by atoms with Gasteiger partial charge in [0.25, 0.3) is 0 Å². The Morgan fingerprint density at radius 3 is 2.91 bits per heavy atom. The maximum atomic E-state index is 11.3. The van der Waals surface area contributed by atoms with Gasteiger partial charge < -0.3 is 5.32 Å². The third-order valence-corrected chi connectivity index (χ3v) is 4.45. The molecule has 0 fully saturated rings. The van der Waals surface area contributed by atoms with E-state index in [0.29, 0.717) is 12.2 Å². The number of hydrogen-bond acceptors (Lipinski definition) is 6. The Bertz CT molecular complexity index is 906. The number of fused-ring (bicyclic) bond motifs is 1. The summed E-state index contributed by atoms with van der Waals surface area (Å²) in [5.74, 6) is 0.779. The van der Waals surface area contributed by atoms with E-state index in [9.17, 15) is 8.42 Å². The molecule has 0 bridgehead atoms. The summed E-state index contributed by atoms with van der Waals surface area (Å²) < 4.78 is 26.0. The average molecular weight is 334 g/mol. The molecule has 0 unspecified atom stereocenters. The van der Waals surface area contributed by atoms with Crippen molar-refractivity contribution >= 4 is 43.1 Å². The molecule has 0 radical (unpaired) electrons. The van der Waals surface area contributed by atoms with Crippen LogP contribution in [0.15, 0.2) is 42.0 Å². The van der Waals surface area contributed by atoms with Crippen LogP contribution in [0.2, 0.25) is 0 Å². The SMILES string of the molecule is CS(=O)(=O)Nc1cccc(CNc2ncnc3ccsc23)c1. The van der Waals surface area contributed by atoms with E-state index in [4.69, 9.17) is 0 Å². The minimum Gasteiger partial charge on any atom is -0.365 e. The van der Waals surface area contributed by atoms with Crippen molar-refractivity contribution in [3.63, 3.8) is 0 Å². The highest BCUT2D eigenvalue weighted by Gasteiger charge is 2.06. The van der Waals surface area contributed by atoms with Crippen molar-refractivity contribution in [2.45, 2.75) is 6.54 Å². The van der Waals surface area contributed by atoms with Gasteiger partial charge in [-0.1, -0.05) is 12.1 Å². The van der Waals surface area contributed by atoms with Crippen molar-refractivity contribution in [3.05, 3.63) is 47.6 Å². The summed E-state index contributed by atoms with van der Waals surface area (Å²) >= 11 is 1.58. The molecule has 0 saturated carbocycles. The van der Waals surface area contributed by atoms with Crippen molar-refractivity contribution in [3.8, 4) is 0 Å². The van der Waals surface area contributed by atoms with Gasteiger partial charge in [-0.25, -0.2) is 18.4 Å². The molecule has 0 aliphatic rings. The van der Waals surface area contributed by atoms with Gasteiger partial charge in [0.05, 0.1) is 16.5 Å². The van der Waals surface area contributed by atoms with Crippen LogP contribution in [-0.2, 0) is 16.6 Å². The molecule has 0 spiro atoms. The number of hydrogen-bond donors (Lipinski definition) is 2. The Balaban J connectivity index is 1.76. The highest BCUT2D eigenvalue weighted by Crippen LogP contribution is 2.25. The normalized spacial score (nSPS) is 11.5. The van der Waals surface area contributed by atoms with Gasteiger partial charge in [-0.2, -0.15) is 0 Å². The molecule has 114 valence electrons. The number of sulfonamides is 1. The van der Waals surface area contributed by atoms with Gasteiger partial charge in [-0.15, -0.1) is 11.3 Å². The summed E-state index contributed by atoms with van der Waals surface area (Å²) in [7, 11) is -3.27. The lowest BCUT2D eigenvalue weighted by molar-refractivity contribution is 0.607. The fraction of sp³-hybridized carbons (Fsp3) is 0.143. The van der Waals surface area contributed by atoms with Crippen LogP contribution in [0.1, 0.15) is 5.56 Å². The van der Waals surface area contributed by atoms with E-state index < -0.39 is 10.0 Å². The molecule has 1 aromatic carbocycles. The largest absolute Gasteiger partial charge is 0.365 e. The van der Waals surface area contributed by atoms with Crippen LogP contribution in [0.25, 0.3) is 10.2 Å². The summed E-state index contributed by atoms with van der Waals surface area (Å²) in [6.45, 7) is 0.545. The highest BCUT2D eigenvalue weighted by atomic mass is 32.2. The van der Waals surface area contributed by atoms with E-state index >= 15 is 0 Å². The van der Waals surface area contributed by atoms with E-state index in [0.717, 1.165) is 27.9 Å². The molecule has 6 nitrogen and oxygen atoms in total. The third kappa shape index (κ3) is 3.52. The van der Waals surface area contributed by atoms with Crippen molar-refractivity contribution in [2.24, 2.45) is 0 Å². The molecule has 3 rings (SSSR count). The molecular formula is C14H14N4O2S2. The zero-order valence-corrected chi connectivity index (χ0v) is 13.4.